The highest BCUT2D eigenvalue weighted by molar-refractivity contribution is 8.13. The third-order valence-corrected chi connectivity index (χ3v) is 7.31. The summed E-state index contributed by atoms with van der Waals surface area (Å²) in [5.74, 6) is 3.06. The summed E-state index contributed by atoms with van der Waals surface area (Å²) in [5.41, 5.74) is 3.85. The molecule has 0 N–H and O–H groups in total. The number of benzene rings is 3. The minimum atomic E-state index is -0.904. The second-order valence-corrected chi connectivity index (χ2v) is 11.0. The van der Waals surface area contributed by atoms with Crippen molar-refractivity contribution in [2.45, 2.75) is 58.6 Å². The minimum Gasteiger partial charge on any atom is -0.493 e. The van der Waals surface area contributed by atoms with Crippen LogP contribution in [0.4, 0.5) is 0 Å². The molecule has 1 atom stereocenters. The quantitative estimate of drug-likeness (QED) is 0.146. The number of ketones is 1. The first-order valence-corrected chi connectivity index (χ1v) is 14.0. The van der Waals surface area contributed by atoms with Gasteiger partial charge in [0, 0.05) is 12.3 Å². The summed E-state index contributed by atoms with van der Waals surface area (Å²) in [6, 6.07) is 21.4. The maximum Gasteiger partial charge on any atom is 0.177 e. The molecule has 3 rings (SSSR count). The monoisotopic (exact) mass is 534 g/mol. The van der Waals surface area contributed by atoms with Gasteiger partial charge in [0.1, 0.15) is 27.7 Å². The van der Waals surface area contributed by atoms with Gasteiger partial charge >= 0.3 is 0 Å². The second kappa shape index (κ2) is 14.1. The highest BCUT2D eigenvalue weighted by Gasteiger charge is 2.37. The van der Waals surface area contributed by atoms with Crippen LogP contribution in [0.25, 0.3) is 0 Å². The lowest BCUT2D eigenvalue weighted by Crippen LogP contribution is -2.32. The Morgan fingerprint density at radius 1 is 0.921 bits per heavy atom. The van der Waals surface area contributed by atoms with Crippen LogP contribution in [0, 0.1) is 12.8 Å². The normalized spacial score (nSPS) is 12.6. The first-order valence-electron chi connectivity index (χ1n) is 13.2. The topological polar surface area (TPSA) is 61.8 Å². The number of hydrogen-bond acceptors (Lipinski definition) is 6. The molecule has 0 bridgehead atoms. The maximum absolute atomic E-state index is 12.7. The van der Waals surface area contributed by atoms with E-state index < -0.39 is 4.75 Å². The third kappa shape index (κ3) is 7.87. The number of aryl methyl sites for hydroxylation is 2. The van der Waals surface area contributed by atoms with E-state index in [1.165, 1.54) is 5.56 Å². The van der Waals surface area contributed by atoms with Gasteiger partial charge in [-0.15, -0.1) is 0 Å². The van der Waals surface area contributed by atoms with Gasteiger partial charge in [0.15, 0.2) is 11.4 Å². The van der Waals surface area contributed by atoms with E-state index in [2.05, 4.69) is 19.9 Å². The number of rotatable bonds is 15. The predicted octanol–water partition coefficient (Wildman–Crippen LogP) is 7.95. The maximum atomic E-state index is 12.7. The van der Waals surface area contributed by atoms with Gasteiger partial charge in [-0.25, -0.2) is 0 Å². The van der Waals surface area contributed by atoms with E-state index in [-0.39, 0.29) is 11.7 Å². The zero-order valence-electron chi connectivity index (χ0n) is 23.0. The molecule has 0 aliphatic carbocycles. The number of Topliss-reactive ketones (excluding diaryl/α,β-unsaturated/α-hetero) is 1. The van der Waals surface area contributed by atoms with E-state index in [0.717, 1.165) is 65.0 Å². The van der Waals surface area contributed by atoms with Crippen molar-refractivity contribution in [2.24, 2.45) is 5.92 Å². The molecule has 3 aromatic rings. The molecule has 0 spiro atoms. The number of carbonyl (C=O) groups excluding carboxylic acids is 2. The van der Waals surface area contributed by atoms with Crippen LogP contribution in [0.1, 0.15) is 57.2 Å². The summed E-state index contributed by atoms with van der Waals surface area (Å²) in [6.45, 7) is 10.7. The SMILES string of the molecule is CCCc1cc(Oc2ccc(C)cc2)ccc1OCCCOc1ccc(C(C)(SC=O)C(=O)C(C)C)cc1. The van der Waals surface area contributed by atoms with E-state index in [4.69, 9.17) is 14.2 Å². The fourth-order valence-corrected chi connectivity index (χ4v) is 5.00. The Morgan fingerprint density at radius 2 is 1.55 bits per heavy atom. The standard InChI is InChI=1S/C32H38O5S/c1-6-8-25-21-29(37-28-13-9-24(4)10-14-28)17-18-30(25)36-20-7-19-35-27-15-11-26(12-16-27)32(5,38-22-33)31(34)23(2)3/h9-18,21-23H,6-8,19-20H2,1-5H3. The number of ether oxygens (including phenoxy) is 3. The minimum absolute atomic E-state index is 0.0256. The summed E-state index contributed by atoms with van der Waals surface area (Å²) in [6.07, 6.45) is 2.64. The Balaban J connectivity index is 1.52. The van der Waals surface area contributed by atoms with Crippen LogP contribution in [0.3, 0.4) is 0 Å². The molecule has 202 valence electrons. The summed E-state index contributed by atoms with van der Waals surface area (Å²) >= 11 is 1.01. The van der Waals surface area contributed by atoms with Crippen molar-refractivity contribution >= 4 is 23.2 Å². The summed E-state index contributed by atoms with van der Waals surface area (Å²) in [4.78, 5) is 24.0. The second-order valence-electron chi connectivity index (χ2n) is 9.78. The van der Waals surface area contributed by atoms with Crippen LogP contribution in [0.15, 0.2) is 66.7 Å². The Bertz CT molecular complexity index is 1190. The van der Waals surface area contributed by atoms with Gasteiger partial charge in [-0.3, -0.25) is 9.59 Å². The zero-order valence-corrected chi connectivity index (χ0v) is 23.8. The lowest BCUT2D eigenvalue weighted by Gasteiger charge is -2.27. The van der Waals surface area contributed by atoms with E-state index in [9.17, 15) is 9.59 Å². The molecule has 6 heteroatoms. The fourth-order valence-electron chi connectivity index (χ4n) is 4.18. The Labute approximate surface area is 230 Å². The number of thioether (sulfide) groups is 1. The molecule has 0 aromatic heterocycles. The lowest BCUT2D eigenvalue weighted by atomic mass is 9.89. The lowest BCUT2D eigenvalue weighted by molar-refractivity contribution is -0.124. The molecule has 0 saturated heterocycles. The molecule has 0 saturated carbocycles. The van der Waals surface area contributed by atoms with Gasteiger partial charge in [0.25, 0.3) is 0 Å². The van der Waals surface area contributed by atoms with Crippen LogP contribution in [-0.2, 0) is 20.8 Å². The first-order chi connectivity index (χ1) is 18.3. The van der Waals surface area contributed by atoms with Gasteiger partial charge in [0.05, 0.1) is 13.2 Å². The largest absolute Gasteiger partial charge is 0.493 e. The Hall–Kier alpha value is -3.25. The van der Waals surface area contributed by atoms with Crippen molar-refractivity contribution in [2.75, 3.05) is 13.2 Å². The van der Waals surface area contributed by atoms with E-state index >= 15 is 0 Å². The molecule has 0 radical (unpaired) electrons. The van der Waals surface area contributed by atoms with Gasteiger partial charge in [-0.2, -0.15) is 0 Å². The molecule has 0 heterocycles. The molecule has 0 amide bonds. The fraction of sp³-hybridized carbons (Fsp3) is 0.375. The van der Waals surface area contributed by atoms with Crippen LogP contribution >= 0.6 is 11.8 Å². The molecule has 3 aromatic carbocycles. The highest BCUT2D eigenvalue weighted by Crippen LogP contribution is 2.38. The molecular formula is C32H38O5S. The third-order valence-electron chi connectivity index (χ3n) is 6.31. The smallest absolute Gasteiger partial charge is 0.177 e. The van der Waals surface area contributed by atoms with Crippen LogP contribution in [-0.4, -0.2) is 24.6 Å². The average molecular weight is 535 g/mol. The summed E-state index contributed by atoms with van der Waals surface area (Å²) in [7, 11) is 0. The van der Waals surface area contributed by atoms with Crippen molar-refractivity contribution in [3.05, 3.63) is 83.4 Å². The predicted molar refractivity (Wildman–Crippen MR) is 155 cm³/mol. The van der Waals surface area contributed by atoms with Gasteiger partial charge in [-0.05, 0) is 73.9 Å². The zero-order chi connectivity index (χ0) is 27.5. The first kappa shape index (κ1) is 29.3. The summed E-state index contributed by atoms with van der Waals surface area (Å²) in [5, 5.41) is 0. The van der Waals surface area contributed by atoms with Gasteiger partial charge < -0.3 is 14.2 Å². The highest BCUT2D eigenvalue weighted by atomic mass is 32.2. The molecule has 38 heavy (non-hydrogen) atoms. The average Bonchev–Trinajstić information content (AvgIpc) is 2.91. The molecule has 0 fully saturated rings. The van der Waals surface area contributed by atoms with E-state index in [0.29, 0.717) is 19.0 Å². The van der Waals surface area contributed by atoms with Crippen molar-refractivity contribution in [3.63, 3.8) is 0 Å². The molecule has 5 nitrogen and oxygen atoms in total. The van der Waals surface area contributed by atoms with Crippen LogP contribution in [0.2, 0.25) is 0 Å². The van der Waals surface area contributed by atoms with Crippen molar-refractivity contribution in [1.29, 1.82) is 0 Å². The summed E-state index contributed by atoms with van der Waals surface area (Å²) < 4.78 is 17.1. The molecular weight excluding hydrogens is 496 g/mol. The van der Waals surface area contributed by atoms with E-state index in [1.54, 1.807) is 6.92 Å². The Kier molecular flexibility index (Phi) is 10.8. The van der Waals surface area contributed by atoms with Crippen molar-refractivity contribution in [1.82, 2.24) is 0 Å². The van der Waals surface area contributed by atoms with Crippen LogP contribution in [0.5, 0.6) is 23.0 Å². The number of carbonyl (C=O) groups is 2. The number of hydrogen-bond donors (Lipinski definition) is 0. The van der Waals surface area contributed by atoms with Crippen molar-refractivity contribution in [3.8, 4) is 23.0 Å². The molecule has 1 unspecified atom stereocenters. The molecule has 0 aliphatic rings. The molecule has 0 aliphatic heterocycles. The van der Waals surface area contributed by atoms with Gasteiger partial charge in [-0.1, -0.05) is 68.8 Å². The van der Waals surface area contributed by atoms with Crippen molar-refractivity contribution < 1.29 is 23.8 Å². The van der Waals surface area contributed by atoms with Gasteiger partial charge in [0.2, 0.25) is 0 Å². The Morgan fingerprint density at radius 3 is 2.18 bits per heavy atom. The van der Waals surface area contributed by atoms with E-state index in [1.807, 2.05) is 74.5 Å². The van der Waals surface area contributed by atoms with Crippen LogP contribution < -0.4 is 14.2 Å².